The Balaban J connectivity index is 4.51. The van der Waals surface area contributed by atoms with Crippen molar-refractivity contribution in [1.82, 2.24) is 10.2 Å². The molecular formula is C13H27N3OS. The van der Waals surface area contributed by atoms with Gasteiger partial charge in [-0.05, 0) is 34.1 Å². The van der Waals surface area contributed by atoms with E-state index in [2.05, 4.69) is 12.2 Å². The van der Waals surface area contributed by atoms with Gasteiger partial charge in [-0.3, -0.25) is 9.69 Å². The Morgan fingerprint density at radius 3 is 2.28 bits per heavy atom. The van der Waals surface area contributed by atoms with Crippen LogP contribution in [0.15, 0.2) is 0 Å². The van der Waals surface area contributed by atoms with Crippen LogP contribution in [0.25, 0.3) is 0 Å². The molecule has 0 radical (unpaired) electrons. The summed E-state index contributed by atoms with van der Waals surface area (Å²) in [4.78, 5) is 14.6. The molecule has 3 N–H and O–H groups in total. The Hall–Kier alpha value is -0.680. The zero-order chi connectivity index (χ0) is 14.3. The van der Waals surface area contributed by atoms with E-state index in [-0.39, 0.29) is 24.0 Å². The van der Waals surface area contributed by atoms with Gasteiger partial charge < -0.3 is 11.1 Å². The number of amides is 1. The molecule has 106 valence electrons. The van der Waals surface area contributed by atoms with Gasteiger partial charge in [0.05, 0.1) is 11.0 Å². The first-order valence-corrected chi connectivity index (χ1v) is 7.04. The van der Waals surface area contributed by atoms with E-state index in [9.17, 15) is 4.79 Å². The molecule has 0 saturated carbocycles. The first kappa shape index (κ1) is 17.3. The first-order chi connectivity index (χ1) is 8.29. The average molecular weight is 273 g/mol. The predicted molar refractivity (Wildman–Crippen MR) is 80.6 cm³/mol. The maximum Gasteiger partial charge on any atom is 0.237 e. The summed E-state index contributed by atoms with van der Waals surface area (Å²) in [5, 5.41) is 3.02. The van der Waals surface area contributed by atoms with Crippen LogP contribution >= 0.6 is 12.2 Å². The van der Waals surface area contributed by atoms with Crippen LogP contribution in [0.2, 0.25) is 0 Å². The highest BCUT2D eigenvalue weighted by atomic mass is 32.1. The molecule has 0 spiro atoms. The fourth-order valence-corrected chi connectivity index (χ4v) is 2.11. The third-order valence-electron chi connectivity index (χ3n) is 2.99. The van der Waals surface area contributed by atoms with E-state index in [1.54, 1.807) is 0 Å². The van der Waals surface area contributed by atoms with E-state index in [1.165, 1.54) is 0 Å². The van der Waals surface area contributed by atoms with Crippen molar-refractivity contribution in [1.29, 1.82) is 0 Å². The molecule has 2 atom stereocenters. The average Bonchev–Trinajstić information content (AvgIpc) is 2.24. The highest BCUT2D eigenvalue weighted by Crippen LogP contribution is 2.06. The molecule has 0 heterocycles. The Morgan fingerprint density at radius 1 is 1.33 bits per heavy atom. The predicted octanol–water partition coefficient (Wildman–Crippen LogP) is 1.68. The van der Waals surface area contributed by atoms with Crippen molar-refractivity contribution in [3.05, 3.63) is 0 Å². The maximum atomic E-state index is 12.1. The number of hydrogen-bond acceptors (Lipinski definition) is 3. The van der Waals surface area contributed by atoms with Gasteiger partial charge in [-0.2, -0.15) is 0 Å². The summed E-state index contributed by atoms with van der Waals surface area (Å²) in [6.45, 7) is 10.6. The minimum atomic E-state index is -0.217. The molecule has 18 heavy (non-hydrogen) atoms. The third-order valence-corrected chi connectivity index (χ3v) is 3.12. The maximum absolute atomic E-state index is 12.1. The van der Waals surface area contributed by atoms with Gasteiger partial charge in [0, 0.05) is 18.6 Å². The summed E-state index contributed by atoms with van der Waals surface area (Å²) in [5.74, 6) is 0.0425. The molecule has 0 aromatic carbocycles. The smallest absolute Gasteiger partial charge is 0.237 e. The molecule has 0 aliphatic carbocycles. The molecule has 1 amide bonds. The van der Waals surface area contributed by atoms with Crippen LogP contribution in [0.1, 0.15) is 47.5 Å². The van der Waals surface area contributed by atoms with Gasteiger partial charge in [0.25, 0.3) is 0 Å². The normalized spacial score (nSPS) is 14.6. The molecule has 0 aromatic rings. The van der Waals surface area contributed by atoms with Crippen LogP contribution in [0.3, 0.4) is 0 Å². The number of nitrogens with two attached hydrogens (primary N) is 1. The van der Waals surface area contributed by atoms with E-state index in [4.69, 9.17) is 18.0 Å². The lowest BCUT2D eigenvalue weighted by Gasteiger charge is -2.32. The van der Waals surface area contributed by atoms with Gasteiger partial charge >= 0.3 is 0 Å². The molecule has 4 nitrogen and oxygen atoms in total. The van der Waals surface area contributed by atoms with Crippen LogP contribution in [0.5, 0.6) is 0 Å². The molecule has 0 fully saturated rings. The topological polar surface area (TPSA) is 58.4 Å². The lowest BCUT2D eigenvalue weighted by atomic mass is 10.1. The summed E-state index contributed by atoms with van der Waals surface area (Å²) in [5.41, 5.74) is 5.58. The van der Waals surface area contributed by atoms with E-state index >= 15 is 0 Å². The summed E-state index contributed by atoms with van der Waals surface area (Å²) >= 11 is 4.93. The molecule has 2 unspecified atom stereocenters. The van der Waals surface area contributed by atoms with Crippen molar-refractivity contribution in [3.8, 4) is 0 Å². The summed E-state index contributed by atoms with van der Waals surface area (Å²) in [6.07, 6.45) is 2.06. The minimum Gasteiger partial charge on any atom is -0.392 e. The number of nitrogens with zero attached hydrogens (tertiary/aromatic N) is 1. The second kappa shape index (κ2) is 8.43. The molecule has 0 bridgehead atoms. The van der Waals surface area contributed by atoms with Crippen molar-refractivity contribution < 1.29 is 4.79 Å². The summed E-state index contributed by atoms with van der Waals surface area (Å²) < 4.78 is 0. The minimum absolute atomic E-state index is 0.0425. The van der Waals surface area contributed by atoms with Crippen molar-refractivity contribution in [2.75, 3.05) is 6.54 Å². The number of carbonyl (C=O) groups excluding carboxylic acids is 1. The third kappa shape index (κ3) is 6.31. The Bertz CT molecular complexity index is 281. The second-order valence-electron chi connectivity index (χ2n) is 5.11. The number of rotatable bonds is 8. The zero-order valence-electron chi connectivity index (χ0n) is 12.2. The quantitative estimate of drug-likeness (QED) is 0.661. The van der Waals surface area contributed by atoms with E-state index in [0.29, 0.717) is 11.5 Å². The Kier molecular flexibility index (Phi) is 8.11. The van der Waals surface area contributed by atoms with Crippen LogP contribution in [0.4, 0.5) is 0 Å². The molecule has 5 heteroatoms. The second-order valence-corrected chi connectivity index (χ2v) is 5.63. The fourth-order valence-electron chi connectivity index (χ4n) is 1.97. The molecule has 0 aliphatic heterocycles. The van der Waals surface area contributed by atoms with Gasteiger partial charge in [-0.25, -0.2) is 0 Å². The fraction of sp³-hybridized carbons (Fsp3) is 0.846. The largest absolute Gasteiger partial charge is 0.392 e. The van der Waals surface area contributed by atoms with Crippen molar-refractivity contribution in [2.24, 2.45) is 5.73 Å². The standard InChI is InChI=1S/C13H27N3OS/c1-6-7-10(4)15-13(17)11(5)16(9(2)3)8-12(14)18/h9-11H,6-8H2,1-5H3,(H2,14,18)(H,15,17). The van der Waals surface area contributed by atoms with Crippen LogP contribution < -0.4 is 11.1 Å². The highest BCUT2D eigenvalue weighted by Gasteiger charge is 2.24. The summed E-state index contributed by atoms with van der Waals surface area (Å²) in [6, 6.07) is 0.225. The lowest BCUT2D eigenvalue weighted by molar-refractivity contribution is -0.126. The van der Waals surface area contributed by atoms with Crippen LogP contribution in [-0.4, -0.2) is 40.5 Å². The molecule has 0 rings (SSSR count). The number of thiocarbonyl (C=S) groups is 1. The number of hydrogen-bond donors (Lipinski definition) is 2. The summed E-state index contributed by atoms with van der Waals surface area (Å²) in [7, 11) is 0. The monoisotopic (exact) mass is 273 g/mol. The molecule has 0 aliphatic rings. The van der Waals surface area contributed by atoms with E-state index < -0.39 is 0 Å². The van der Waals surface area contributed by atoms with Crippen molar-refractivity contribution in [3.63, 3.8) is 0 Å². The highest BCUT2D eigenvalue weighted by molar-refractivity contribution is 7.80. The lowest BCUT2D eigenvalue weighted by Crippen LogP contribution is -2.52. The molecule has 0 aromatic heterocycles. The van der Waals surface area contributed by atoms with Crippen LogP contribution in [-0.2, 0) is 4.79 Å². The zero-order valence-corrected chi connectivity index (χ0v) is 13.0. The van der Waals surface area contributed by atoms with Gasteiger partial charge in [0.1, 0.15) is 0 Å². The Morgan fingerprint density at radius 2 is 1.89 bits per heavy atom. The number of carbonyl (C=O) groups is 1. The number of nitrogens with one attached hydrogen (secondary N) is 1. The molecule has 0 saturated heterocycles. The first-order valence-electron chi connectivity index (χ1n) is 6.64. The SMILES string of the molecule is CCCC(C)NC(=O)C(C)N(CC(N)=S)C(C)C. The van der Waals surface area contributed by atoms with Gasteiger partial charge in [0.2, 0.25) is 5.91 Å². The van der Waals surface area contributed by atoms with Crippen molar-refractivity contribution in [2.45, 2.75) is 65.6 Å². The van der Waals surface area contributed by atoms with E-state index in [0.717, 1.165) is 12.8 Å². The van der Waals surface area contributed by atoms with Crippen molar-refractivity contribution >= 4 is 23.1 Å². The Labute approximate surface area is 116 Å². The van der Waals surface area contributed by atoms with Gasteiger partial charge in [-0.1, -0.05) is 25.6 Å². The van der Waals surface area contributed by atoms with Gasteiger partial charge in [-0.15, -0.1) is 0 Å². The van der Waals surface area contributed by atoms with E-state index in [1.807, 2.05) is 32.6 Å². The molecular weight excluding hydrogens is 246 g/mol. The van der Waals surface area contributed by atoms with Gasteiger partial charge in [0.15, 0.2) is 0 Å². The van der Waals surface area contributed by atoms with Crippen LogP contribution in [0, 0.1) is 0 Å².